The Bertz CT molecular complexity index is 324. The maximum Gasteiger partial charge on any atom is 0.411 e. The van der Waals surface area contributed by atoms with Crippen LogP contribution in [0.15, 0.2) is 16.8 Å². The highest BCUT2D eigenvalue weighted by Crippen LogP contribution is 2.13. The van der Waals surface area contributed by atoms with Gasteiger partial charge in [0.15, 0.2) is 0 Å². The lowest BCUT2D eigenvalue weighted by atomic mass is 10.3. The van der Waals surface area contributed by atoms with E-state index in [0.29, 0.717) is 5.56 Å². The Kier molecular flexibility index (Phi) is 4.75. The lowest BCUT2D eigenvalue weighted by Crippen LogP contribution is -2.28. The summed E-state index contributed by atoms with van der Waals surface area (Å²) >= 11 is 1.37. The van der Waals surface area contributed by atoms with Gasteiger partial charge in [-0.2, -0.15) is 24.5 Å². The lowest BCUT2D eigenvalue weighted by Gasteiger charge is -2.07. The molecule has 16 heavy (non-hydrogen) atoms. The number of ether oxygens (including phenoxy) is 1. The molecule has 1 aromatic rings. The van der Waals surface area contributed by atoms with Gasteiger partial charge in [-0.15, -0.1) is 0 Å². The minimum absolute atomic E-state index is 0.0603. The number of amides is 1. The number of alkyl halides is 3. The third-order valence-corrected chi connectivity index (χ3v) is 2.26. The molecule has 1 rings (SSSR count). The summed E-state index contributed by atoms with van der Waals surface area (Å²) in [5, 5.41) is 5.85. The van der Waals surface area contributed by atoms with E-state index in [1.807, 2.05) is 0 Å². The fourth-order valence-electron chi connectivity index (χ4n) is 0.920. The van der Waals surface area contributed by atoms with Crippen molar-refractivity contribution in [1.82, 2.24) is 5.32 Å². The normalized spacial score (nSPS) is 11.4. The number of rotatable bonds is 5. The summed E-state index contributed by atoms with van der Waals surface area (Å²) in [5.74, 6) is -0.308. The van der Waals surface area contributed by atoms with Crippen molar-refractivity contribution in [2.45, 2.75) is 6.18 Å². The molecule has 0 saturated carbocycles. The average molecular weight is 253 g/mol. The molecule has 1 heterocycles. The zero-order chi connectivity index (χ0) is 12.0. The van der Waals surface area contributed by atoms with E-state index in [4.69, 9.17) is 0 Å². The van der Waals surface area contributed by atoms with Crippen LogP contribution in [0.4, 0.5) is 13.2 Å². The fourth-order valence-corrected chi connectivity index (χ4v) is 1.56. The lowest BCUT2D eigenvalue weighted by molar-refractivity contribution is -0.173. The van der Waals surface area contributed by atoms with Crippen LogP contribution in [0.1, 0.15) is 10.4 Å². The molecular weight excluding hydrogens is 243 g/mol. The minimum Gasteiger partial charge on any atom is -0.370 e. The number of carbonyl (C=O) groups excluding carboxylic acids is 1. The summed E-state index contributed by atoms with van der Waals surface area (Å²) in [7, 11) is 0. The third-order valence-electron chi connectivity index (χ3n) is 1.58. The van der Waals surface area contributed by atoms with E-state index in [9.17, 15) is 18.0 Å². The van der Waals surface area contributed by atoms with E-state index in [1.54, 1.807) is 16.8 Å². The number of nitrogens with one attached hydrogen (secondary N) is 1. The van der Waals surface area contributed by atoms with E-state index < -0.39 is 12.8 Å². The molecule has 0 aliphatic carbocycles. The molecule has 3 nitrogen and oxygen atoms in total. The van der Waals surface area contributed by atoms with Crippen molar-refractivity contribution in [3.05, 3.63) is 22.4 Å². The van der Waals surface area contributed by atoms with E-state index in [0.717, 1.165) is 0 Å². The first kappa shape index (κ1) is 13.0. The van der Waals surface area contributed by atoms with Crippen molar-refractivity contribution in [2.75, 3.05) is 19.8 Å². The van der Waals surface area contributed by atoms with Gasteiger partial charge in [0.2, 0.25) is 0 Å². The van der Waals surface area contributed by atoms with Gasteiger partial charge in [-0.1, -0.05) is 0 Å². The van der Waals surface area contributed by atoms with E-state index in [1.165, 1.54) is 11.3 Å². The Morgan fingerprint density at radius 3 is 2.81 bits per heavy atom. The highest BCUT2D eigenvalue weighted by Gasteiger charge is 2.27. The summed E-state index contributed by atoms with van der Waals surface area (Å²) in [6.07, 6.45) is -4.32. The van der Waals surface area contributed by atoms with Crippen LogP contribution >= 0.6 is 11.3 Å². The van der Waals surface area contributed by atoms with E-state index in [2.05, 4.69) is 10.1 Å². The Morgan fingerprint density at radius 1 is 1.50 bits per heavy atom. The molecule has 0 aromatic carbocycles. The number of hydrogen-bond acceptors (Lipinski definition) is 3. The molecule has 7 heteroatoms. The quantitative estimate of drug-likeness (QED) is 0.816. The first-order valence-corrected chi connectivity index (χ1v) is 5.38. The van der Waals surface area contributed by atoms with Crippen LogP contribution in [0.5, 0.6) is 0 Å². The predicted octanol–water partition coefficient (Wildman–Crippen LogP) is 2.06. The van der Waals surface area contributed by atoms with Gasteiger partial charge in [0.05, 0.1) is 6.61 Å². The first-order chi connectivity index (χ1) is 7.49. The number of hydrogen-bond donors (Lipinski definition) is 1. The molecule has 1 amide bonds. The zero-order valence-corrected chi connectivity index (χ0v) is 9.03. The second-order valence-electron chi connectivity index (χ2n) is 2.94. The summed E-state index contributed by atoms with van der Waals surface area (Å²) in [4.78, 5) is 11.3. The van der Waals surface area contributed by atoms with Crippen LogP contribution < -0.4 is 5.32 Å². The van der Waals surface area contributed by atoms with Gasteiger partial charge < -0.3 is 10.1 Å². The molecule has 0 saturated heterocycles. The molecule has 1 aromatic heterocycles. The monoisotopic (exact) mass is 253 g/mol. The van der Waals surface area contributed by atoms with Gasteiger partial charge in [0.1, 0.15) is 6.61 Å². The molecule has 0 atom stereocenters. The highest BCUT2D eigenvalue weighted by atomic mass is 32.1. The second kappa shape index (κ2) is 5.86. The topological polar surface area (TPSA) is 38.3 Å². The summed E-state index contributed by atoms with van der Waals surface area (Å²) < 4.78 is 39.3. The van der Waals surface area contributed by atoms with Crippen LogP contribution in [0, 0.1) is 0 Å². The molecule has 0 unspecified atom stereocenters. The van der Waals surface area contributed by atoms with Crippen LogP contribution in [-0.2, 0) is 4.74 Å². The number of halogens is 3. The van der Waals surface area contributed by atoms with Crippen molar-refractivity contribution in [3.63, 3.8) is 0 Å². The first-order valence-electron chi connectivity index (χ1n) is 4.44. The van der Waals surface area contributed by atoms with Crippen LogP contribution in [-0.4, -0.2) is 31.8 Å². The average Bonchev–Trinajstić information content (AvgIpc) is 2.67. The highest BCUT2D eigenvalue weighted by molar-refractivity contribution is 7.08. The van der Waals surface area contributed by atoms with Crippen molar-refractivity contribution >= 4 is 17.2 Å². The van der Waals surface area contributed by atoms with Gasteiger partial charge in [0, 0.05) is 17.5 Å². The van der Waals surface area contributed by atoms with Crippen molar-refractivity contribution < 1.29 is 22.7 Å². The molecule has 0 spiro atoms. The Hall–Kier alpha value is -1.08. The standard InChI is InChI=1S/C9H10F3NO2S/c10-9(11,12)6-15-3-2-13-8(14)7-1-4-16-5-7/h1,4-5H,2-3,6H2,(H,13,14). The molecule has 0 bridgehead atoms. The van der Waals surface area contributed by atoms with Crippen molar-refractivity contribution in [3.8, 4) is 0 Å². The Labute approximate surface area is 94.2 Å². The Balaban J connectivity index is 2.10. The van der Waals surface area contributed by atoms with Gasteiger partial charge in [-0.25, -0.2) is 0 Å². The maximum absolute atomic E-state index is 11.7. The summed E-state index contributed by atoms with van der Waals surface area (Å²) in [5.41, 5.74) is 0.501. The summed E-state index contributed by atoms with van der Waals surface area (Å²) in [6.45, 7) is -1.39. The minimum atomic E-state index is -4.32. The van der Waals surface area contributed by atoms with Crippen LogP contribution in [0.2, 0.25) is 0 Å². The zero-order valence-electron chi connectivity index (χ0n) is 8.21. The number of thiophene rings is 1. The van der Waals surface area contributed by atoms with Gasteiger partial charge in [0.25, 0.3) is 5.91 Å². The smallest absolute Gasteiger partial charge is 0.370 e. The van der Waals surface area contributed by atoms with Crippen molar-refractivity contribution in [2.24, 2.45) is 0 Å². The largest absolute Gasteiger partial charge is 0.411 e. The molecule has 0 radical (unpaired) electrons. The number of carbonyl (C=O) groups is 1. The van der Waals surface area contributed by atoms with Gasteiger partial charge in [-0.3, -0.25) is 4.79 Å². The molecule has 90 valence electrons. The molecule has 0 fully saturated rings. The molecule has 1 N–H and O–H groups in total. The fraction of sp³-hybridized carbons (Fsp3) is 0.444. The second-order valence-corrected chi connectivity index (χ2v) is 3.72. The summed E-state index contributed by atoms with van der Waals surface area (Å²) in [6, 6.07) is 1.64. The van der Waals surface area contributed by atoms with Crippen LogP contribution in [0.3, 0.4) is 0 Å². The predicted molar refractivity (Wildman–Crippen MR) is 53.5 cm³/mol. The SMILES string of the molecule is O=C(NCCOCC(F)(F)F)c1ccsc1. The van der Waals surface area contributed by atoms with Crippen molar-refractivity contribution in [1.29, 1.82) is 0 Å². The van der Waals surface area contributed by atoms with E-state index >= 15 is 0 Å². The van der Waals surface area contributed by atoms with Gasteiger partial charge in [-0.05, 0) is 11.4 Å². The molecule has 0 aliphatic heterocycles. The van der Waals surface area contributed by atoms with Crippen LogP contribution in [0.25, 0.3) is 0 Å². The van der Waals surface area contributed by atoms with E-state index in [-0.39, 0.29) is 19.1 Å². The Morgan fingerprint density at radius 2 is 2.25 bits per heavy atom. The molecular formula is C9H10F3NO2S. The van der Waals surface area contributed by atoms with Gasteiger partial charge >= 0.3 is 6.18 Å². The maximum atomic E-state index is 11.7. The molecule has 0 aliphatic rings. The third kappa shape index (κ3) is 5.13.